The Morgan fingerprint density at radius 1 is 1.57 bits per heavy atom. The fraction of sp³-hybridized carbons (Fsp3) is 1.00. The highest BCUT2D eigenvalue weighted by molar-refractivity contribution is 5.85. The van der Waals surface area contributed by atoms with Crippen molar-refractivity contribution >= 4 is 12.4 Å². The maximum Gasteiger partial charge on any atom is 0.0282 e. The first-order valence-corrected chi connectivity index (χ1v) is 2.11. The lowest BCUT2D eigenvalue weighted by molar-refractivity contribution is 0.308. The molecule has 0 radical (unpaired) electrons. The quantitative estimate of drug-likeness (QED) is 0.555. The maximum atomic E-state index is 11.0. The van der Waals surface area contributed by atoms with Gasteiger partial charge >= 0.3 is 0 Å². The molecule has 3 heteroatoms. The summed E-state index contributed by atoms with van der Waals surface area (Å²) in [6.07, 6.45) is 0. The topological polar surface area (TPSA) is 12.0 Å². The van der Waals surface area contributed by atoms with Crippen LogP contribution in [0.4, 0.5) is 4.48 Å². The van der Waals surface area contributed by atoms with Crippen LogP contribution in [-0.2, 0) is 0 Å². The zero-order valence-electron chi connectivity index (χ0n) is 4.57. The molecule has 0 unspecified atom stereocenters. The molecule has 0 aromatic carbocycles. The molecule has 0 bridgehead atoms. The largest absolute Gasteiger partial charge is 0.159 e. The fourth-order valence-corrected chi connectivity index (χ4v) is 0.154. The number of hydrogen-bond acceptors (Lipinski definition) is 1. The second kappa shape index (κ2) is 6.18. The van der Waals surface area contributed by atoms with Crippen molar-refractivity contribution in [1.82, 2.24) is 5.54 Å². The summed E-state index contributed by atoms with van der Waals surface area (Å²) in [4.78, 5) is 0. The van der Waals surface area contributed by atoms with E-state index in [0.29, 0.717) is 12.5 Å². The van der Waals surface area contributed by atoms with Gasteiger partial charge in [-0.3, -0.25) is 0 Å². The Hall–Kier alpha value is 0.180. The van der Waals surface area contributed by atoms with E-state index in [1.54, 1.807) is 5.54 Å². The molecule has 1 N–H and O–H groups in total. The minimum Gasteiger partial charge on any atom is -0.159 e. The Morgan fingerprint density at radius 2 is 2.00 bits per heavy atom. The van der Waals surface area contributed by atoms with E-state index in [-0.39, 0.29) is 12.4 Å². The lowest BCUT2D eigenvalue weighted by Gasteiger charge is -1.95. The van der Waals surface area contributed by atoms with E-state index in [4.69, 9.17) is 0 Å². The molecule has 0 atom stereocenters. The summed E-state index contributed by atoms with van der Waals surface area (Å²) in [5.41, 5.74) is 1.57. The van der Waals surface area contributed by atoms with Gasteiger partial charge in [0.25, 0.3) is 0 Å². The summed E-state index contributed by atoms with van der Waals surface area (Å²) in [6.45, 7) is 4.36. The molecule has 0 aliphatic heterocycles. The average Bonchev–Trinajstić information content (AvgIpc) is 1.35. The third-order valence-electron chi connectivity index (χ3n) is 0.485. The van der Waals surface area contributed by atoms with Crippen molar-refractivity contribution in [2.24, 2.45) is 5.92 Å². The van der Waals surface area contributed by atoms with Gasteiger partial charge in [0.2, 0.25) is 0 Å². The van der Waals surface area contributed by atoms with Crippen LogP contribution in [0.2, 0.25) is 0 Å². The van der Waals surface area contributed by atoms with Crippen molar-refractivity contribution in [2.75, 3.05) is 6.54 Å². The van der Waals surface area contributed by atoms with Gasteiger partial charge in [0, 0.05) is 6.54 Å². The number of nitrogens with one attached hydrogen (secondary N) is 1. The van der Waals surface area contributed by atoms with Crippen LogP contribution in [0.1, 0.15) is 13.8 Å². The molecule has 0 fully saturated rings. The lowest BCUT2D eigenvalue weighted by atomic mass is 10.2. The van der Waals surface area contributed by atoms with Gasteiger partial charge in [-0.05, 0) is 5.92 Å². The molecule has 0 heterocycles. The van der Waals surface area contributed by atoms with Crippen molar-refractivity contribution < 1.29 is 4.48 Å². The zero-order valence-corrected chi connectivity index (χ0v) is 5.39. The van der Waals surface area contributed by atoms with E-state index in [9.17, 15) is 4.48 Å². The summed E-state index contributed by atoms with van der Waals surface area (Å²) in [5, 5.41) is 0. The molecule has 0 aromatic rings. The highest BCUT2D eigenvalue weighted by atomic mass is 35.5. The number of rotatable bonds is 2. The van der Waals surface area contributed by atoms with Crippen molar-refractivity contribution in [3.8, 4) is 0 Å². The predicted octanol–water partition coefficient (Wildman–Crippen LogP) is 1.54. The molecular formula is C4H11ClFN. The number of halogens is 2. The van der Waals surface area contributed by atoms with Gasteiger partial charge in [0.05, 0.1) is 0 Å². The third-order valence-corrected chi connectivity index (χ3v) is 0.485. The van der Waals surface area contributed by atoms with Crippen LogP contribution >= 0.6 is 12.4 Å². The second-order valence-electron chi connectivity index (χ2n) is 1.73. The second-order valence-corrected chi connectivity index (χ2v) is 1.73. The van der Waals surface area contributed by atoms with Crippen LogP contribution in [0.3, 0.4) is 0 Å². The third kappa shape index (κ3) is 10.7. The predicted molar refractivity (Wildman–Crippen MR) is 31.2 cm³/mol. The molecule has 7 heavy (non-hydrogen) atoms. The lowest BCUT2D eigenvalue weighted by Crippen LogP contribution is -2.08. The standard InChI is InChI=1S/C4H10FN.ClH/c1-4(2)3-6-5;/h4,6H,3H2,1-2H3;1H. The Bertz CT molecular complexity index is 32.9. The maximum absolute atomic E-state index is 11.0. The highest BCUT2D eigenvalue weighted by Gasteiger charge is 1.86. The van der Waals surface area contributed by atoms with E-state index in [0.717, 1.165) is 0 Å². The molecule has 0 saturated heterocycles. The van der Waals surface area contributed by atoms with Gasteiger partial charge in [0.1, 0.15) is 0 Å². The Kier molecular flexibility index (Phi) is 9.02. The Labute approximate surface area is 49.6 Å². The van der Waals surface area contributed by atoms with E-state index in [1.165, 1.54) is 0 Å². The first kappa shape index (κ1) is 10.2. The van der Waals surface area contributed by atoms with Gasteiger partial charge in [-0.15, -0.1) is 16.9 Å². The summed E-state index contributed by atoms with van der Waals surface area (Å²) in [5.74, 6) is 0.412. The van der Waals surface area contributed by atoms with Crippen LogP contribution in [0.25, 0.3) is 0 Å². The van der Waals surface area contributed by atoms with E-state index >= 15 is 0 Å². The summed E-state index contributed by atoms with van der Waals surface area (Å²) in [6, 6.07) is 0. The first-order valence-electron chi connectivity index (χ1n) is 2.11. The van der Waals surface area contributed by atoms with Gasteiger partial charge in [0.15, 0.2) is 0 Å². The molecule has 0 saturated carbocycles. The molecule has 1 nitrogen and oxygen atoms in total. The van der Waals surface area contributed by atoms with Gasteiger partial charge in [-0.25, -0.2) is 0 Å². The average molecular weight is 128 g/mol. The minimum absolute atomic E-state index is 0. The summed E-state index contributed by atoms with van der Waals surface area (Å²) >= 11 is 0. The summed E-state index contributed by atoms with van der Waals surface area (Å²) in [7, 11) is 0. The van der Waals surface area contributed by atoms with Gasteiger partial charge in [-0.2, -0.15) is 5.54 Å². The molecule has 0 rings (SSSR count). The Balaban J connectivity index is 0. The Morgan fingerprint density at radius 3 is 2.00 bits per heavy atom. The highest BCUT2D eigenvalue weighted by Crippen LogP contribution is 1.84. The van der Waals surface area contributed by atoms with Crippen LogP contribution in [-0.4, -0.2) is 6.54 Å². The van der Waals surface area contributed by atoms with Gasteiger partial charge in [-0.1, -0.05) is 13.8 Å². The van der Waals surface area contributed by atoms with E-state index in [1.807, 2.05) is 13.8 Å². The molecule has 0 amide bonds. The monoisotopic (exact) mass is 127 g/mol. The minimum atomic E-state index is 0. The molecular weight excluding hydrogens is 117 g/mol. The number of hydrogen-bond donors (Lipinski definition) is 1. The van der Waals surface area contributed by atoms with Gasteiger partial charge < -0.3 is 0 Å². The van der Waals surface area contributed by atoms with E-state index in [2.05, 4.69) is 0 Å². The molecule has 0 aromatic heterocycles. The van der Waals surface area contributed by atoms with E-state index < -0.39 is 0 Å². The molecule has 0 aliphatic rings. The molecule has 46 valence electrons. The van der Waals surface area contributed by atoms with Crippen molar-refractivity contribution in [1.29, 1.82) is 0 Å². The SMILES string of the molecule is CC(C)CNF.Cl. The smallest absolute Gasteiger partial charge is 0.0282 e. The zero-order chi connectivity index (χ0) is 4.99. The van der Waals surface area contributed by atoms with Crippen LogP contribution < -0.4 is 5.54 Å². The first-order chi connectivity index (χ1) is 2.77. The van der Waals surface area contributed by atoms with Crippen LogP contribution in [0.15, 0.2) is 0 Å². The van der Waals surface area contributed by atoms with Crippen molar-refractivity contribution in [3.63, 3.8) is 0 Å². The molecule has 0 aliphatic carbocycles. The van der Waals surface area contributed by atoms with Crippen molar-refractivity contribution in [2.45, 2.75) is 13.8 Å². The van der Waals surface area contributed by atoms with Crippen molar-refractivity contribution in [3.05, 3.63) is 0 Å². The fourth-order valence-electron chi connectivity index (χ4n) is 0.154. The molecule has 0 spiro atoms. The normalized spacial score (nSPS) is 8.57. The van der Waals surface area contributed by atoms with Crippen LogP contribution in [0.5, 0.6) is 0 Å². The van der Waals surface area contributed by atoms with Crippen LogP contribution in [0, 0.1) is 5.92 Å². The summed E-state index contributed by atoms with van der Waals surface area (Å²) < 4.78 is 11.0.